The third-order valence-electron chi connectivity index (χ3n) is 6.07. The van der Waals surface area contributed by atoms with E-state index in [1.807, 2.05) is 6.92 Å². The molecule has 1 spiro atoms. The zero-order valence-corrected chi connectivity index (χ0v) is 17.5. The van der Waals surface area contributed by atoms with Crippen molar-refractivity contribution in [1.82, 2.24) is 25.3 Å². The average molecular weight is 427 g/mol. The molecule has 4 amide bonds. The number of halogens is 1. The van der Waals surface area contributed by atoms with Crippen molar-refractivity contribution >= 4 is 17.8 Å². The van der Waals surface area contributed by atoms with Gasteiger partial charge in [0, 0.05) is 13.1 Å². The van der Waals surface area contributed by atoms with Gasteiger partial charge in [0.2, 0.25) is 0 Å². The molecule has 8 nitrogen and oxygen atoms in total. The molecule has 1 aromatic carbocycles. The maximum absolute atomic E-state index is 13.2. The van der Waals surface area contributed by atoms with Crippen LogP contribution in [0.2, 0.25) is 0 Å². The highest BCUT2D eigenvalue weighted by Crippen LogP contribution is 2.35. The number of carbonyl (C=O) groups excluding carboxylic acids is 3. The Morgan fingerprint density at radius 1 is 1.23 bits per heavy atom. The number of imide groups is 1. The maximum atomic E-state index is 13.2. The van der Waals surface area contributed by atoms with E-state index < -0.39 is 5.54 Å². The Balaban J connectivity index is 1.34. The van der Waals surface area contributed by atoms with Gasteiger partial charge in [-0.3, -0.25) is 14.5 Å². The highest BCUT2D eigenvalue weighted by atomic mass is 19.1. The number of benzene rings is 1. The summed E-state index contributed by atoms with van der Waals surface area (Å²) in [5.74, 6) is -0.749. The molecule has 1 aliphatic carbocycles. The predicted molar refractivity (Wildman–Crippen MR) is 111 cm³/mol. The van der Waals surface area contributed by atoms with Crippen LogP contribution in [0.5, 0.6) is 0 Å². The van der Waals surface area contributed by atoms with Crippen LogP contribution < -0.4 is 10.6 Å². The number of nitrogens with zero attached hydrogens (tertiary/aromatic N) is 3. The number of hydrogen-bond acceptors (Lipinski definition) is 4. The predicted octanol–water partition coefficient (Wildman–Crippen LogP) is 2.56. The van der Waals surface area contributed by atoms with Gasteiger partial charge in [0.25, 0.3) is 11.8 Å². The van der Waals surface area contributed by atoms with Gasteiger partial charge in [-0.15, -0.1) is 0 Å². The second-order valence-electron chi connectivity index (χ2n) is 8.03. The van der Waals surface area contributed by atoms with E-state index in [2.05, 4.69) is 15.7 Å². The van der Waals surface area contributed by atoms with Crippen LogP contribution in [0.3, 0.4) is 0 Å². The van der Waals surface area contributed by atoms with E-state index in [0.29, 0.717) is 43.5 Å². The second-order valence-corrected chi connectivity index (χ2v) is 8.03. The Labute approximate surface area is 179 Å². The summed E-state index contributed by atoms with van der Waals surface area (Å²) in [6.07, 6.45) is 5.83. The lowest BCUT2D eigenvalue weighted by Crippen LogP contribution is -2.44. The molecule has 2 N–H and O–H groups in total. The topological polar surface area (TPSA) is 96.3 Å². The normalized spacial score (nSPS) is 17.4. The first kappa shape index (κ1) is 21.0. The molecular formula is C22H26FN5O3. The van der Waals surface area contributed by atoms with Crippen LogP contribution >= 0.6 is 0 Å². The Bertz CT molecular complexity index is 995. The van der Waals surface area contributed by atoms with Gasteiger partial charge in [-0.2, -0.15) is 5.10 Å². The zero-order valence-electron chi connectivity index (χ0n) is 17.5. The van der Waals surface area contributed by atoms with Crippen molar-refractivity contribution in [1.29, 1.82) is 0 Å². The highest BCUT2D eigenvalue weighted by molar-refractivity contribution is 6.07. The number of urea groups is 1. The Kier molecular flexibility index (Phi) is 5.75. The van der Waals surface area contributed by atoms with Gasteiger partial charge in [-0.1, -0.05) is 19.8 Å². The van der Waals surface area contributed by atoms with Crippen molar-refractivity contribution in [2.75, 3.05) is 13.1 Å². The summed E-state index contributed by atoms with van der Waals surface area (Å²) in [5, 5.41) is 9.98. The standard InChI is InChI=1S/C22H26FN5O3/c1-2-18-17(14-25-28(18)16-8-6-15(23)7-9-16)19(29)24-12-5-13-27-20(30)22(26-21(27)31)10-3-4-11-22/h6-9,14H,2-5,10-13H2,1H3,(H,24,29)(H,26,31). The van der Waals surface area contributed by atoms with E-state index in [0.717, 1.165) is 18.5 Å². The molecule has 2 heterocycles. The molecule has 4 rings (SSSR count). The quantitative estimate of drug-likeness (QED) is 0.524. The minimum absolute atomic E-state index is 0.143. The van der Waals surface area contributed by atoms with Crippen molar-refractivity contribution in [2.24, 2.45) is 0 Å². The molecule has 1 saturated carbocycles. The van der Waals surface area contributed by atoms with Crippen LogP contribution in [0, 0.1) is 5.82 Å². The summed E-state index contributed by atoms with van der Waals surface area (Å²) in [5.41, 5.74) is 1.15. The molecule has 0 bridgehead atoms. The minimum Gasteiger partial charge on any atom is -0.352 e. The lowest BCUT2D eigenvalue weighted by molar-refractivity contribution is -0.131. The van der Waals surface area contributed by atoms with Crippen molar-refractivity contribution in [2.45, 2.75) is 51.0 Å². The van der Waals surface area contributed by atoms with E-state index in [-0.39, 0.29) is 30.2 Å². The fourth-order valence-electron chi connectivity index (χ4n) is 4.44. The lowest BCUT2D eigenvalue weighted by Gasteiger charge is -2.20. The molecule has 9 heteroatoms. The van der Waals surface area contributed by atoms with E-state index in [1.165, 1.54) is 23.2 Å². The fourth-order valence-corrected chi connectivity index (χ4v) is 4.44. The number of aromatic nitrogens is 2. The molecule has 0 atom stereocenters. The van der Waals surface area contributed by atoms with E-state index in [9.17, 15) is 18.8 Å². The Hall–Kier alpha value is -3.23. The number of nitrogens with one attached hydrogen (secondary N) is 2. The molecule has 31 heavy (non-hydrogen) atoms. The number of amides is 4. The van der Waals surface area contributed by atoms with Crippen molar-refractivity contribution in [3.05, 3.63) is 47.5 Å². The van der Waals surface area contributed by atoms with Crippen molar-refractivity contribution in [3.8, 4) is 5.69 Å². The largest absolute Gasteiger partial charge is 0.352 e. The van der Waals surface area contributed by atoms with E-state index in [4.69, 9.17) is 0 Å². The van der Waals surface area contributed by atoms with Gasteiger partial charge in [-0.25, -0.2) is 13.9 Å². The van der Waals surface area contributed by atoms with Crippen LogP contribution in [0.15, 0.2) is 30.5 Å². The Morgan fingerprint density at radius 3 is 2.61 bits per heavy atom. The molecule has 0 unspecified atom stereocenters. The van der Waals surface area contributed by atoms with Crippen molar-refractivity contribution < 1.29 is 18.8 Å². The minimum atomic E-state index is -0.703. The first-order valence-electron chi connectivity index (χ1n) is 10.7. The van der Waals surface area contributed by atoms with Gasteiger partial charge >= 0.3 is 6.03 Å². The molecule has 0 radical (unpaired) electrons. The second kappa shape index (κ2) is 8.49. The fraction of sp³-hybridized carbons (Fsp3) is 0.455. The number of carbonyl (C=O) groups is 3. The molecule has 2 aliphatic rings. The van der Waals surface area contributed by atoms with Crippen LogP contribution in [-0.2, 0) is 11.2 Å². The van der Waals surface area contributed by atoms with Crippen LogP contribution in [0.25, 0.3) is 5.69 Å². The third kappa shape index (κ3) is 3.92. The lowest BCUT2D eigenvalue weighted by atomic mass is 9.98. The van der Waals surface area contributed by atoms with Gasteiger partial charge in [0.15, 0.2) is 0 Å². The highest BCUT2D eigenvalue weighted by Gasteiger charge is 2.51. The van der Waals surface area contributed by atoms with E-state index in [1.54, 1.807) is 16.8 Å². The molecular weight excluding hydrogens is 401 g/mol. The smallest absolute Gasteiger partial charge is 0.325 e. The van der Waals surface area contributed by atoms with Crippen molar-refractivity contribution in [3.63, 3.8) is 0 Å². The molecule has 1 aliphatic heterocycles. The first-order chi connectivity index (χ1) is 14.9. The first-order valence-corrected chi connectivity index (χ1v) is 10.7. The average Bonchev–Trinajstić information content (AvgIpc) is 3.46. The third-order valence-corrected chi connectivity index (χ3v) is 6.07. The molecule has 1 saturated heterocycles. The Morgan fingerprint density at radius 2 is 1.94 bits per heavy atom. The summed E-state index contributed by atoms with van der Waals surface area (Å²) in [7, 11) is 0. The van der Waals surface area contributed by atoms with Gasteiger partial charge in [-0.05, 0) is 49.9 Å². The zero-order chi connectivity index (χ0) is 22.0. The SMILES string of the molecule is CCc1c(C(=O)NCCCN2C(=O)NC3(CCCC3)C2=O)cnn1-c1ccc(F)cc1. The summed E-state index contributed by atoms with van der Waals surface area (Å²) in [6.45, 7) is 2.51. The van der Waals surface area contributed by atoms with Crippen LogP contribution in [0.4, 0.5) is 9.18 Å². The molecule has 2 aromatic rings. The number of rotatable bonds is 7. The molecule has 164 valence electrons. The molecule has 2 fully saturated rings. The molecule has 1 aromatic heterocycles. The van der Waals surface area contributed by atoms with Crippen LogP contribution in [0.1, 0.15) is 55.1 Å². The summed E-state index contributed by atoms with van der Waals surface area (Å²) < 4.78 is 14.8. The van der Waals surface area contributed by atoms with Gasteiger partial charge in [0.05, 0.1) is 23.1 Å². The van der Waals surface area contributed by atoms with E-state index >= 15 is 0 Å². The number of hydrogen-bond donors (Lipinski definition) is 2. The monoisotopic (exact) mass is 427 g/mol. The van der Waals surface area contributed by atoms with Gasteiger partial charge in [0.1, 0.15) is 11.4 Å². The van der Waals surface area contributed by atoms with Gasteiger partial charge < -0.3 is 10.6 Å². The maximum Gasteiger partial charge on any atom is 0.325 e. The summed E-state index contributed by atoms with van der Waals surface area (Å²) in [6, 6.07) is 5.58. The summed E-state index contributed by atoms with van der Waals surface area (Å²) >= 11 is 0. The summed E-state index contributed by atoms with van der Waals surface area (Å²) in [4.78, 5) is 38.8. The van der Waals surface area contributed by atoms with Crippen LogP contribution in [-0.4, -0.2) is 51.2 Å².